The Morgan fingerprint density at radius 2 is 2.54 bits per heavy atom. The van der Waals surface area contributed by atoms with Crippen molar-refractivity contribution < 1.29 is 4.79 Å². The van der Waals surface area contributed by atoms with Gasteiger partial charge in [-0.25, -0.2) is 0 Å². The average molecular weight is 246 g/mol. The maximum Gasteiger partial charge on any atom is 0.269 e. The van der Waals surface area contributed by atoms with Crippen molar-refractivity contribution in [3.05, 3.63) is 17.5 Å². The van der Waals surface area contributed by atoms with Gasteiger partial charge in [0.05, 0.1) is 6.20 Å². The zero-order valence-corrected chi connectivity index (χ0v) is 9.18. The highest BCUT2D eigenvalue weighted by Gasteiger charge is 2.10. The second-order valence-corrected chi connectivity index (χ2v) is 4.48. The largest absolute Gasteiger partial charge is 0.350 e. The quantitative estimate of drug-likeness (QED) is 0.788. The summed E-state index contributed by atoms with van der Waals surface area (Å²) in [6.07, 6.45) is 1.63. The number of nitrogens with zero attached hydrogens (tertiary/aromatic N) is 1. The predicted octanol–water partition coefficient (Wildman–Crippen LogP) is 1.23. The minimum absolute atomic E-state index is 0.110. The summed E-state index contributed by atoms with van der Waals surface area (Å²) in [7, 11) is 0. The molecule has 5 heteroatoms. The van der Waals surface area contributed by atoms with E-state index in [9.17, 15) is 4.79 Å². The molecule has 1 aromatic rings. The number of amides is 1. The molecule has 0 bridgehead atoms. The molecular formula is C8H12BrN3O. The van der Waals surface area contributed by atoms with Crippen LogP contribution in [-0.4, -0.2) is 27.5 Å². The van der Waals surface area contributed by atoms with Gasteiger partial charge in [0.25, 0.3) is 5.91 Å². The molecule has 0 saturated heterocycles. The standard InChI is InChI=1S/C8H12BrN3O/c1-5-3-11-12-7(5)8(13)10-4-6(2)9/h3,6H,4H2,1-2H3,(H,10,13)(H,11,12). The smallest absolute Gasteiger partial charge is 0.269 e. The van der Waals surface area contributed by atoms with Crippen molar-refractivity contribution in [3.63, 3.8) is 0 Å². The molecule has 0 aromatic carbocycles. The fraction of sp³-hybridized carbons (Fsp3) is 0.500. The van der Waals surface area contributed by atoms with Crippen LogP contribution in [0.1, 0.15) is 23.0 Å². The van der Waals surface area contributed by atoms with E-state index in [1.54, 1.807) is 6.20 Å². The van der Waals surface area contributed by atoms with Crippen molar-refractivity contribution in [2.45, 2.75) is 18.7 Å². The molecule has 2 N–H and O–H groups in total. The summed E-state index contributed by atoms with van der Waals surface area (Å²) in [5.74, 6) is -0.110. The van der Waals surface area contributed by atoms with Crippen LogP contribution in [0.2, 0.25) is 0 Å². The van der Waals surface area contributed by atoms with Gasteiger partial charge in [-0.15, -0.1) is 0 Å². The molecule has 0 aliphatic heterocycles. The van der Waals surface area contributed by atoms with Gasteiger partial charge in [-0.3, -0.25) is 9.89 Å². The number of hydrogen-bond donors (Lipinski definition) is 2. The Labute approximate surface area is 85.2 Å². The Bertz CT molecular complexity index is 295. The first-order chi connectivity index (χ1) is 6.11. The molecular weight excluding hydrogens is 234 g/mol. The third kappa shape index (κ3) is 2.84. The van der Waals surface area contributed by atoms with E-state index in [0.717, 1.165) is 5.56 Å². The minimum atomic E-state index is -0.110. The molecule has 0 aliphatic rings. The first-order valence-electron chi connectivity index (χ1n) is 4.03. The molecule has 4 nitrogen and oxygen atoms in total. The van der Waals surface area contributed by atoms with Gasteiger partial charge < -0.3 is 5.32 Å². The Hall–Kier alpha value is -0.840. The lowest BCUT2D eigenvalue weighted by molar-refractivity contribution is 0.0948. The second-order valence-electron chi connectivity index (χ2n) is 2.92. The van der Waals surface area contributed by atoms with Crippen molar-refractivity contribution in [1.82, 2.24) is 15.5 Å². The molecule has 1 amide bonds. The SMILES string of the molecule is Cc1cn[nH]c1C(=O)NCC(C)Br. The zero-order valence-electron chi connectivity index (χ0n) is 7.60. The number of hydrogen-bond acceptors (Lipinski definition) is 2. The molecule has 0 saturated carbocycles. The van der Waals surface area contributed by atoms with E-state index >= 15 is 0 Å². The van der Waals surface area contributed by atoms with E-state index in [1.807, 2.05) is 13.8 Å². The molecule has 0 radical (unpaired) electrons. The van der Waals surface area contributed by atoms with Crippen LogP contribution in [-0.2, 0) is 0 Å². The topological polar surface area (TPSA) is 57.8 Å². The van der Waals surface area contributed by atoms with E-state index in [-0.39, 0.29) is 10.7 Å². The molecule has 1 aromatic heterocycles. The van der Waals surface area contributed by atoms with Crippen LogP contribution in [0, 0.1) is 6.92 Å². The van der Waals surface area contributed by atoms with Crippen molar-refractivity contribution in [1.29, 1.82) is 0 Å². The first kappa shape index (κ1) is 10.2. The van der Waals surface area contributed by atoms with Gasteiger partial charge >= 0.3 is 0 Å². The van der Waals surface area contributed by atoms with Crippen molar-refractivity contribution >= 4 is 21.8 Å². The first-order valence-corrected chi connectivity index (χ1v) is 4.95. The molecule has 0 aliphatic carbocycles. The number of aromatic amines is 1. The number of aromatic nitrogens is 2. The minimum Gasteiger partial charge on any atom is -0.350 e. The highest BCUT2D eigenvalue weighted by molar-refractivity contribution is 9.09. The predicted molar refractivity (Wildman–Crippen MR) is 54.0 cm³/mol. The lowest BCUT2D eigenvalue weighted by Gasteiger charge is -2.05. The summed E-state index contributed by atoms with van der Waals surface area (Å²) in [6.45, 7) is 4.42. The van der Waals surface area contributed by atoms with Crippen LogP contribution in [0.5, 0.6) is 0 Å². The lowest BCUT2D eigenvalue weighted by Crippen LogP contribution is -2.29. The highest BCUT2D eigenvalue weighted by Crippen LogP contribution is 2.02. The van der Waals surface area contributed by atoms with E-state index in [2.05, 4.69) is 31.4 Å². The summed E-state index contributed by atoms with van der Waals surface area (Å²) in [5, 5.41) is 9.19. The molecule has 1 rings (SSSR count). The lowest BCUT2D eigenvalue weighted by atomic mass is 10.2. The molecule has 1 atom stereocenters. The van der Waals surface area contributed by atoms with Gasteiger partial charge in [0.2, 0.25) is 0 Å². The number of aryl methyl sites for hydroxylation is 1. The van der Waals surface area contributed by atoms with Crippen LogP contribution < -0.4 is 5.32 Å². The van der Waals surface area contributed by atoms with Crippen molar-refractivity contribution in [2.75, 3.05) is 6.54 Å². The molecule has 1 unspecified atom stereocenters. The van der Waals surface area contributed by atoms with Crippen LogP contribution in [0.25, 0.3) is 0 Å². The molecule has 72 valence electrons. The summed E-state index contributed by atoms with van der Waals surface area (Å²) >= 11 is 3.34. The number of H-pyrrole nitrogens is 1. The van der Waals surface area contributed by atoms with Crippen molar-refractivity contribution in [2.24, 2.45) is 0 Å². The van der Waals surface area contributed by atoms with Gasteiger partial charge in [0.15, 0.2) is 0 Å². The maximum atomic E-state index is 11.4. The monoisotopic (exact) mass is 245 g/mol. The molecule has 13 heavy (non-hydrogen) atoms. The number of carbonyl (C=O) groups is 1. The van der Waals surface area contributed by atoms with Gasteiger partial charge in [-0.1, -0.05) is 22.9 Å². The van der Waals surface area contributed by atoms with Crippen LogP contribution in [0.3, 0.4) is 0 Å². The van der Waals surface area contributed by atoms with Crippen molar-refractivity contribution in [3.8, 4) is 0 Å². The zero-order chi connectivity index (χ0) is 9.84. The van der Waals surface area contributed by atoms with Gasteiger partial charge in [-0.05, 0) is 12.5 Å². The number of carbonyl (C=O) groups excluding carboxylic acids is 1. The average Bonchev–Trinajstić information content (AvgIpc) is 2.47. The summed E-state index contributed by atoms with van der Waals surface area (Å²) in [6, 6.07) is 0. The molecule has 0 fully saturated rings. The Kier molecular flexibility index (Phi) is 3.48. The summed E-state index contributed by atoms with van der Waals surface area (Å²) in [4.78, 5) is 11.7. The summed E-state index contributed by atoms with van der Waals surface area (Å²) in [5.41, 5.74) is 1.40. The van der Waals surface area contributed by atoms with E-state index in [0.29, 0.717) is 12.2 Å². The second kappa shape index (κ2) is 4.41. The molecule has 1 heterocycles. The summed E-state index contributed by atoms with van der Waals surface area (Å²) < 4.78 is 0. The fourth-order valence-corrected chi connectivity index (χ4v) is 1.06. The van der Waals surface area contributed by atoms with Gasteiger partial charge in [0.1, 0.15) is 5.69 Å². The maximum absolute atomic E-state index is 11.4. The third-order valence-corrected chi connectivity index (χ3v) is 1.92. The third-order valence-electron chi connectivity index (χ3n) is 1.60. The Morgan fingerprint density at radius 3 is 3.00 bits per heavy atom. The van der Waals surface area contributed by atoms with Crippen LogP contribution in [0.15, 0.2) is 6.20 Å². The van der Waals surface area contributed by atoms with Crippen LogP contribution >= 0.6 is 15.9 Å². The van der Waals surface area contributed by atoms with E-state index in [4.69, 9.17) is 0 Å². The van der Waals surface area contributed by atoms with Crippen LogP contribution in [0.4, 0.5) is 0 Å². The Morgan fingerprint density at radius 1 is 1.85 bits per heavy atom. The van der Waals surface area contributed by atoms with E-state index in [1.165, 1.54) is 0 Å². The fourth-order valence-electron chi connectivity index (χ4n) is 0.898. The van der Waals surface area contributed by atoms with Gasteiger partial charge in [0, 0.05) is 11.4 Å². The Balaban J connectivity index is 2.54. The normalized spacial score (nSPS) is 12.5. The number of nitrogens with one attached hydrogen (secondary N) is 2. The highest BCUT2D eigenvalue weighted by atomic mass is 79.9. The number of rotatable bonds is 3. The molecule has 0 spiro atoms. The van der Waals surface area contributed by atoms with E-state index < -0.39 is 0 Å². The number of halogens is 1. The van der Waals surface area contributed by atoms with Gasteiger partial charge in [-0.2, -0.15) is 5.10 Å². The number of alkyl halides is 1.